The molecule has 0 aliphatic heterocycles. The number of ether oxygens (including phenoxy) is 4. The van der Waals surface area contributed by atoms with Crippen molar-refractivity contribution < 1.29 is 23.7 Å². The third-order valence-electron chi connectivity index (χ3n) is 3.71. The fraction of sp³-hybridized carbons (Fsp3) is 0.250. The molecule has 9 heteroatoms. The third-order valence-corrected chi connectivity index (χ3v) is 3.94. The maximum absolute atomic E-state index is 12.5. The van der Waals surface area contributed by atoms with Crippen LogP contribution in [0.4, 0.5) is 0 Å². The first-order valence-electron chi connectivity index (χ1n) is 8.71. The molecule has 2 rings (SSSR count). The molecule has 2 N–H and O–H groups in total. The summed E-state index contributed by atoms with van der Waals surface area (Å²) in [5.41, 5.74) is 3.78. The number of benzene rings is 2. The smallest absolute Gasteiger partial charge is 0.343 e. The molecular weight excluding hydrogens is 394 g/mol. The highest BCUT2D eigenvalue weighted by Crippen LogP contribution is 2.38. The molecular formula is C20H23N3O5S. The van der Waals surface area contributed by atoms with Crippen LogP contribution in [-0.4, -0.2) is 45.2 Å². The Morgan fingerprint density at radius 2 is 1.69 bits per heavy atom. The highest BCUT2D eigenvalue weighted by atomic mass is 32.1. The van der Waals surface area contributed by atoms with Gasteiger partial charge in [0, 0.05) is 6.54 Å². The summed E-state index contributed by atoms with van der Waals surface area (Å²) in [5.74, 6) is 0.972. The number of carbonyl (C=O) groups is 1. The minimum Gasteiger partial charge on any atom is -0.493 e. The highest BCUT2D eigenvalue weighted by molar-refractivity contribution is 7.80. The molecule has 0 unspecified atom stereocenters. The molecule has 0 spiro atoms. The number of esters is 1. The second-order valence-electron chi connectivity index (χ2n) is 5.60. The zero-order chi connectivity index (χ0) is 21.2. The maximum Gasteiger partial charge on any atom is 0.343 e. The first-order chi connectivity index (χ1) is 14.0. The Hall–Kier alpha value is -3.33. The largest absolute Gasteiger partial charge is 0.493 e. The van der Waals surface area contributed by atoms with Gasteiger partial charge >= 0.3 is 5.97 Å². The lowest BCUT2D eigenvalue weighted by Gasteiger charge is -2.13. The van der Waals surface area contributed by atoms with Crippen molar-refractivity contribution in [2.24, 2.45) is 5.10 Å². The summed E-state index contributed by atoms with van der Waals surface area (Å²) in [4.78, 5) is 12.5. The fourth-order valence-corrected chi connectivity index (χ4v) is 2.55. The number of hydrogen-bond acceptors (Lipinski definition) is 7. The minimum atomic E-state index is -0.552. The van der Waals surface area contributed by atoms with E-state index < -0.39 is 5.97 Å². The topological polar surface area (TPSA) is 90.4 Å². The van der Waals surface area contributed by atoms with Crippen molar-refractivity contribution in [1.82, 2.24) is 10.7 Å². The molecule has 0 saturated heterocycles. The fourth-order valence-electron chi connectivity index (χ4n) is 2.35. The molecule has 0 bridgehead atoms. The van der Waals surface area contributed by atoms with E-state index in [1.165, 1.54) is 33.5 Å². The summed E-state index contributed by atoms with van der Waals surface area (Å²) in [6.07, 6.45) is 1.61. The van der Waals surface area contributed by atoms with Gasteiger partial charge in [-0.15, -0.1) is 0 Å². The normalized spacial score (nSPS) is 10.3. The second kappa shape index (κ2) is 10.9. The van der Waals surface area contributed by atoms with Gasteiger partial charge in [0.2, 0.25) is 5.75 Å². The van der Waals surface area contributed by atoms with Crippen molar-refractivity contribution in [2.75, 3.05) is 27.9 Å². The van der Waals surface area contributed by atoms with Crippen LogP contribution >= 0.6 is 12.2 Å². The number of hydrogen-bond donors (Lipinski definition) is 2. The molecule has 0 fully saturated rings. The molecule has 0 radical (unpaired) electrons. The van der Waals surface area contributed by atoms with Crippen molar-refractivity contribution in [3.63, 3.8) is 0 Å². The van der Waals surface area contributed by atoms with E-state index in [2.05, 4.69) is 15.8 Å². The molecule has 0 saturated carbocycles. The maximum atomic E-state index is 12.5. The van der Waals surface area contributed by atoms with Crippen LogP contribution in [0.2, 0.25) is 0 Å². The standard InChI is InChI=1S/C20H23N3O5S/c1-5-21-20(29)23-22-12-13-6-8-15(9-7-13)28-19(24)14-10-16(25-2)18(27-4)17(11-14)26-3/h6-12H,5H2,1-4H3,(H2,21,23,29)/b22-12-. The van der Waals surface area contributed by atoms with Crippen LogP contribution in [0.5, 0.6) is 23.0 Å². The van der Waals surface area contributed by atoms with Crippen LogP contribution in [0.1, 0.15) is 22.8 Å². The van der Waals surface area contributed by atoms with Crippen LogP contribution in [-0.2, 0) is 0 Å². The summed E-state index contributed by atoms with van der Waals surface area (Å²) < 4.78 is 21.2. The molecule has 0 aromatic heterocycles. The molecule has 2 aromatic carbocycles. The second-order valence-corrected chi connectivity index (χ2v) is 6.01. The van der Waals surface area contributed by atoms with E-state index in [0.29, 0.717) is 34.7 Å². The molecule has 8 nitrogen and oxygen atoms in total. The van der Waals surface area contributed by atoms with Gasteiger partial charge in [-0.3, -0.25) is 5.43 Å². The van der Waals surface area contributed by atoms with Crippen molar-refractivity contribution in [3.05, 3.63) is 47.5 Å². The van der Waals surface area contributed by atoms with Gasteiger partial charge in [-0.2, -0.15) is 5.10 Å². The Bertz CT molecular complexity index is 859. The first-order valence-corrected chi connectivity index (χ1v) is 9.12. The Balaban J connectivity index is 2.07. The van der Waals surface area contributed by atoms with Crippen LogP contribution in [0.15, 0.2) is 41.5 Å². The molecule has 29 heavy (non-hydrogen) atoms. The number of carbonyl (C=O) groups excluding carboxylic acids is 1. The van der Waals surface area contributed by atoms with E-state index in [-0.39, 0.29) is 5.56 Å². The summed E-state index contributed by atoms with van der Waals surface area (Å²) in [5, 5.41) is 7.40. The first kappa shape index (κ1) is 22.0. The quantitative estimate of drug-likeness (QED) is 0.223. The molecule has 0 aliphatic carbocycles. The number of thiocarbonyl (C=S) groups is 1. The van der Waals surface area contributed by atoms with Gasteiger partial charge in [0.1, 0.15) is 5.75 Å². The van der Waals surface area contributed by atoms with Crippen LogP contribution in [0, 0.1) is 0 Å². The van der Waals surface area contributed by atoms with Gasteiger partial charge in [0.05, 0.1) is 33.1 Å². The SMILES string of the molecule is CCNC(=S)N/N=C\c1ccc(OC(=O)c2cc(OC)c(OC)c(OC)c2)cc1. The predicted octanol–water partition coefficient (Wildman–Crippen LogP) is 2.75. The lowest BCUT2D eigenvalue weighted by atomic mass is 10.2. The molecule has 0 amide bonds. The summed E-state index contributed by atoms with van der Waals surface area (Å²) in [7, 11) is 4.45. The summed E-state index contributed by atoms with van der Waals surface area (Å²) in [6, 6.07) is 9.92. The lowest BCUT2D eigenvalue weighted by Crippen LogP contribution is -2.31. The number of nitrogens with one attached hydrogen (secondary N) is 2. The van der Waals surface area contributed by atoms with Gasteiger partial charge in [-0.05, 0) is 61.1 Å². The molecule has 0 aliphatic rings. The zero-order valence-corrected chi connectivity index (χ0v) is 17.5. The predicted molar refractivity (Wildman–Crippen MR) is 115 cm³/mol. The Morgan fingerprint density at radius 1 is 1.07 bits per heavy atom. The van der Waals surface area contributed by atoms with Crippen LogP contribution in [0.25, 0.3) is 0 Å². The van der Waals surface area contributed by atoms with E-state index in [1.54, 1.807) is 30.5 Å². The zero-order valence-electron chi connectivity index (χ0n) is 16.6. The third kappa shape index (κ3) is 6.08. The van der Waals surface area contributed by atoms with Crippen LogP contribution in [0.3, 0.4) is 0 Å². The molecule has 0 heterocycles. The van der Waals surface area contributed by atoms with Crippen LogP contribution < -0.4 is 29.7 Å². The van der Waals surface area contributed by atoms with E-state index in [4.69, 9.17) is 31.2 Å². The molecule has 154 valence electrons. The van der Waals surface area contributed by atoms with Gasteiger partial charge in [-0.25, -0.2) is 4.79 Å². The van der Waals surface area contributed by atoms with Gasteiger partial charge in [0.15, 0.2) is 16.6 Å². The highest BCUT2D eigenvalue weighted by Gasteiger charge is 2.18. The summed E-state index contributed by atoms with van der Waals surface area (Å²) >= 11 is 5.02. The molecule has 2 aromatic rings. The Labute approximate surface area is 174 Å². The van der Waals surface area contributed by atoms with Crippen molar-refractivity contribution in [1.29, 1.82) is 0 Å². The lowest BCUT2D eigenvalue weighted by molar-refractivity contribution is 0.0734. The van der Waals surface area contributed by atoms with E-state index in [1.807, 2.05) is 6.92 Å². The number of nitrogens with zero attached hydrogens (tertiary/aromatic N) is 1. The van der Waals surface area contributed by atoms with Gasteiger partial charge in [-0.1, -0.05) is 0 Å². The average molecular weight is 417 g/mol. The average Bonchev–Trinajstić information content (AvgIpc) is 2.73. The van der Waals surface area contributed by atoms with E-state index in [0.717, 1.165) is 5.56 Å². The van der Waals surface area contributed by atoms with Crippen molar-refractivity contribution in [2.45, 2.75) is 6.92 Å². The van der Waals surface area contributed by atoms with Gasteiger partial charge in [0.25, 0.3) is 0 Å². The van der Waals surface area contributed by atoms with E-state index >= 15 is 0 Å². The van der Waals surface area contributed by atoms with Crippen molar-refractivity contribution in [3.8, 4) is 23.0 Å². The van der Waals surface area contributed by atoms with E-state index in [9.17, 15) is 4.79 Å². The Morgan fingerprint density at radius 3 is 2.21 bits per heavy atom. The van der Waals surface area contributed by atoms with Crippen molar-refractivity contribution >= 4 is 29.5 Å². The van der Waals surface area contributed by atoms with Gasteiger partial charge < -0.3 is 24.3 Å². The number of methoxy groups -OCH3 is 3. The molecule has 0 atom stereocenters. The summed E-state index contributed by atoms with van der Waals surface area (Å²) in [6.45, 7) is 2.66. The minimum absolute atomic E-state index is 0.270. The monoisotopic (exact) mass is 417 g/mol. The number of rotatable bonds is 8. The number of hydrazone groups is 1. The Kier molecular flexibility index (Phi) is 8.23.